The predicted octanol–water partition coefficient (Wildman–Crippen LogP) is 4.50. The number of rotatable bonds is 5. The van der Waals surface area contributed by atoms with Crippen LogP contribution in [0.4, 0.5) is 13.2 Å². The molecule has 4 rings (SSSR count). The van der Waals surface area contributed by atoms with Crippen LogP contribution < -0.4 is 4.74 Å². The molecule has 6 nitrogen and oxygen atoms in total. The number of aromatic nitrogens is 3. The van der Waals surface area contributed by atoms with Crippen LogP contribution in [0.1, 0.15) is 35.9 Å². The summed E-state index contributed by atoms with van der Waals surface area (Å²) in [6.07, 6.45) is -0.913. The lowest BCUT2D eigenvalue weighted by Gasteiger charge is -2.21. The van der Waals surface area contributed by atoms with Crippen molar-refractivity contribution in [3.05, 3.63) is 59.6 Å². The van der Waals surface area contributed by atoms with Crippen molar-refractivity contribution in [2.45, 2.75) is 31.6 Å². The number of hydrogen-bond donors (Lipinski definition) is 0. The molecular formula is C20H19F3N4O2. The number of nitrogens with zero attached hydrogens (tertiary/aromatic N) is 4. The maximum atomic E-state index is 12.7. The third-order valence-corrected chi connectivity index (χ3v) is 4.96. The van der Waals surface area contributed by atoms with Gasteiger partial charge in [0.2, 0.25) is 17.6 Å². The predicted molar refractivity (Wildman–Crippen MR) is 97.9 cm³/mol. The molecule has 0 aliphatic carbocycles. The zero-order valence-corrected chi connectivity index (χ0v) is 15.7. The van der Waals surface area contributed by atoms with Gasteiger partial charge in [0.25, 0.3) is 0 Å². The first-order valence-corrected chi connectivity index (χ1v) is 9.18. The maximum absolute atomic E-state index is 12.7. The van der Waals surface area contributed by atoms with E-state index in [2.05, 4.69) is 20.0 Å². The molecule has 29 heavy (non-hydrogen) atoms. The van der Waals surface area contributed by atoms with Crippen molar-refractivity contribution < 1.29 is 22.4 Å². The van der Waals surface area contributed by atoms with Crippen LogP contribution in [-0.2, 0) is 12.7 Å². The molecule has 1 saturated heterocycles. The van der Waals surface area contributed by atoms with Gasteiger partial charge in [-0.1, -0.05) is 17.3 Å². The molecule has 0 saturated carbocycles. The van der Waals surface area contributed by atoms with Crippen molar-refractivity contribution >= 4 is 0 Å². The highest BCUT2D eigenvalue weighted by atomic mass is 19.4. The van der Waals surface area contributed by atoms with E-state index < -0.39 is 11.7 Å². The number of likely N-dealkylation sites (tertiary alicyclic amines) is 1. The number of hydrogen-bond acceptors (Lipinski definition) is 6. The summed E-state index contributed by atoms with van der Waals surface area (Å²) < 4.78 is 48.8. The van der Waals surface area contributed by atoms with Crippen molar-refractivity contribution in [3.8, 4) is 17.3 Å². The highest BCUT2D eigenvalue weighted by Gasteiger charge is 2.32. The zero-order chi connectivity index (χ0) is 20.4. The van der Waals surface area contributed by atoms with Crippen LogP contribution in [0.25, 0.3) is 11.4 Å². The van der Waals surface area contributed by atoms with E-state index in [1.807, 2.05) is 0 Å². The lowest BCUT2D eigenvalue weighted by Crippen LogP contribution is -2.23. The summed E-state index contributed by atoms with van der Waals surface area (Å²) in [6, 6.07) is 8.71. The van der Waals surface area contributed by atoms with Crippen LogP contribution in [0.15, 0.2) is 47.1 Å². The normalized spacial score (nSPS) is 17.6. The van der Waals surface area contributed by atoms with E-state index >= 15 is 0 Å². The molecule has 1 unspecified atom stereocenters. The number of pyridine rings is 1. The molecule has 1 aliphatic rings. The molecular weight excluding hydrogens is 385 g/mol. The van der Waals surface area contributed by atoms with Gasteiger partial charge in [-0.15, -0.1) is 0 Å². The van der Waals surface area contributed by atoms with E-state index in [1.165, 1.54) is 12.1 Å². The Kier molecular flexibility index (Phi) is 5.23. The summed E-state index contributed by atoms with van der Waals surface area (Å²) in [5, 5.41) is 4.05. The van der Waals surface area contributed by atoms with Crippen molar-refractivity contribution in [2.24, 2.45) is 0 Å². The Labute approximate surface area is 165 Å². The van der Waals surface area contributed by atoms with Gasteiger partial charge in [-0.25, -0.2) is 4.98 Å². The number of alkyl halides is 3. The first-order valence-electron chi connectivity index (χ1n) is 9.18. The lowest BCUT2D eigenvalue weighted by atomic mass is 10.1. The number of benzene rings is 1. The molecule has 1 atom stereocenters. The second-order valence-corrected chi connectivity index (χ2v) is 6.87. The Balaban J connectivity index is 1.48. The Morgan fingerprint density at radius 2 is 1.97 bits per heavy atom. The molecule has 1 fully saturated rings. The van der Waals surface area contributed by atoms with Gasteiger partial charge in [-0.2, -0.15) is 18.2 Å². The van der Waals surface area contributed by atoms with Crippen LogP contribution in [0.5, 0.6) is 5.88 Å². The van der Waals surface area contributed by atoms with Gasteiger partial charge in [-0.3, -0.25) is 4.90 Å². The number of halogens is 3. The Bertz CT molecular complexity index is 955. The average Bonchev–Trinajstić information content (AvgIpc) is 3.37. The smallest absolute Gasteiger partial charge is 0.416 e. The van der Waals surface area contributed by atoms with Crippen molar-refractivity contribution in [1.29, 1.82) is 0 Å². The molecule has 1 aliphatic heterocycles. The minimum Gasteiger partial charge on any atom is -0.481 e. The van der Waals surface area contributed by atoms with Gasteiger partial charge in [0.05, 0.1) is 18.7 Å². The van der Waals surface area contributed by atoms with Gasteiger partial charge >= 0.3 is 6.18 Å². The highest BCUT2D eigenvalue weighted by molar-refractivity contribution is 5.53. The van der Waals surface area contributed by atoms with Gasteiger partial charge in [-0.05, 0) is 43.1 Å². The molecule has 9 heteroatoms. The second kappa shape index (κ2) is 7.82. The van der Waals surface area contributed by atoms with Crippen molar-refractivity contribution in [2.75, 3.05) is 13.7 Å². The Morgan fingerprint density at radius 3 is 2.62 bits per heavy atom. The fourth-order valence-electron chi connectivity index (χ4n) is 3.45. The van der Waals surface area contributed by atoms with Gasteiger partial charge in [0.1, 0.15) is 0 Å². The molecule has 0 amide bonds. The molecule has 0 radical (unpaired) electrons. The SMILES string of the molecule is COc1ccc(-c2noc(C3CCCN3Cc3ccc(C(F)(F)F)cc3)n2)cn1. The maximum Gasteiger partial charge on any atom is 0.416 e. The van der Waals surface area contributed by atoms with Crippen LogP contribution in [0.3, 0.4) is 0 Å². The van der Waals surface area contributed by atoms with E-state index in [-0.39, 0.29) is 6.04 Å². The molecule has 1 aromatic carbocycles. The van der Waals surface area contributed by atoms with Crippen LogP contribution in [-0.4, -0.2) is 33.7 Å². The molecule has 2 aromatic heterocycles. The summed E-state index contributed by atoms with van der Waals surface area (Å²) in [6.45, 7) is 1.33. The topological polar surface area (TPSA) is 64.3 Å². The van der Waals surface area contributed by atoms with Crippen LogP contribution >= 0.6 is 0 Å². The number of ether oxygens (including phenoxy) is 1. The number of methoxy groups -OCH3 is 1. The van der Waals surface area contributed by atoms with E-state index in [4.69, 9.17) is 9.26 Å². The quantitative estimate of drug-likeness (QED) is 0.624. The summed E-state index contributed by atoms with van der Waals surface area (Å²) in [4.78, 5) is 10.8. The largest absolute Gasteiger partial charge is 0.481 e. The van der Waals surface area contributed by atoms with E-state index in [0.29, 0.717) is 29.7 Å². The van der Waals surface area contributed by atoms with Gasteiger partial charge < -0.3 is 9.26 Å². The first kappa shape index (κ1) is 19.4. The Hall–Kier alpha value is -2.94. The third kappa shape index (κ3) is 4.24. The minimum absolute atomic E-state index is 0.0650. The molecule has 0 bridgehead atoms. The molecule has 3 aromatic rings. The van der Waals surface area contributed by atoms with E-state index in [1.54, 1.807) is 25.4 Å². The lowest BCUT2D eigenvalue weighted by molar-refractivity contribution is -0.137. The monoisotopic (exact) mass is 404 g/mol. The third-order valence-electron chi connectivity index (χ3n) is 4.96. The van der Waals surface area contributed by atoms with Crippen molar-refractivity contribution in [3.63, 3.8) is 0 Å². The van der Waals surface area contributed by atoms with Crippen LogP contribution in [0.2, 0.25) is 0 Å². The van der Waals surface area contributed by atoms with Gasteiger partial charge in [0, 0.05) is 24.4 Å². The summed E-state index contributed by atoms with van der Waals surface area (Å²) in [5.74, 6) is 1.44. The summed E-state index contributed by atoms with van der Waals surface area (Å²) in [7, 11) is 1.54. The first-order chi connectivity index (χ1) is 13.9. The molecule has 3 heterocycles. The fraction of sp³-hybridized carbons (Fsp3) is 0.350. The summed E-state index contributed by atoms with van der Waals surface area (Å²) >= 11 is 0. The van der Waals surface area contributed by atoms with Crippen LogP contribution in [0, 0.1) is 0 Å². The minimum atomic E-state index is -4.33. The standard InChI is InChI=1S/C20H19F3N4O2/c1-28-17-9-6-14(11-24-17)18-25-19(29-26-18)16-3-2-10-27(16)12-13-4-7-15(8-5-13)20(21,22)23/h4-9,11,16H,2-3,10,12H2,1H3. The van der Waals surface area contributed by atoms with Crippen molar-refractivity contribution in [1.82, 2.24) is 20.0 Å². The Morgan fingerprint density at radius 1 is 1.17 bits per heavy atom. The zero-order valence-electron chi connectivity index (χ0n) is 15.7. The average molecular weight is 404 g/mol. The summed E-state index contributed by atoms with van der Waals surface area (Å²) in [5.41, 5.74) is 0.881. The van der Waals surface area contributed by atoms with E-state index in [9.17, 15) is 13.2 Å². The van der Waals surface area contributed by atoms with E-state index in [0.717, 1.165) is 37.1 Å². The second-order valence-electron chi connectivity index (χ2n) is 6.87. The highest BCUT2D eigenvalue weighted by Crippen LogP contribution is 2.34. The molecule has 0 N–H and O–H groups in total. The molecule has 0 spiro atoms. The van der Waals surface area contributed by atoms with Gasteiger partial charge in [0.15, 0.2) is 0 Å². The fourth-order valence-corrected chi connectivity index (χ4v) is 3.45. The molecule has 152 valence electrons.